The molecule has 0 atom stereocenters. The van der Waals surface area contributed by atoms with Gasteiger partial charge in [0.25, 0.3) is 0 Å². The molecule has 0 aliphatic rings. The second-order valence-electron chi connectivity index (χ2n) is 17.0. The zero-order valence-corrected chi connectivity index (χ0v) is 37.4. The Morgan fingerprint density at radius 3 is 1.64 bits per heavy atom. The minimum atomic E-state index is -2.94. The van der Waals surface area contributed by atoms with Crippen molar-refractivity contribution in [3.63, 3.8) is 0 Å². The lowest BCUT2D eigenvalue weighted by Crippen LogP contribution is -1.99. The lowest BCUT2D eigenvalue weighted by atomic mass is 9.89. The molecule has 12 rings (SSSR count). The lowest BCUT2D eigenvalue weighted by Gasteiger charge is -2.17. The van der Waals surface area contributed by atoms with E-state index < -0.39 is 46.0 Å². The van der Waals surface area contributed by atoms with Crippen LogP contribution in [-0.4, -0.2) is 24.3 Å². The van der Waals surface area contributed by atoms with E-state index >= 15 is 0 Å². The number of para-hydroxylation sites is 2. The minimum Gasteiger partial charge on any atom is -0.292 e. The van der Waals surface area contributed by atoms with Gasteiger partial charge < -0.3 is 0 Å². The van der Waals surface area contributed by atoms with Gasteiger partial charge in [-0.15, -0.1) is 0 Å². The van der Waals surface area contributed by atoms with Crippen molar-refractivity contribution < 1.29 is 23.3 Å². The molecule has 12 aromatic rings. The fourth-order valence-electron chi connectivity index (χ4n) is 9.14. The number of rotatable bonds is 11. The number of aromatic nitrogens is 5. The number of aryl methyl sites for hydroxylation is 7. The Balaban J connectivity index is 1.02. The highest BCUT2D eigenvalue weighted by Gasteiger charge is 2.21. The number of imidazole rings is 1. The largest absolute Gasteiger partial charge is 0.292 e. The van der Waals surface area contributed by atoms with E-state index in [9.17, 15) is 11.0 Å². The molecule has 0 N–H and O–H groups in total. The number of benzene rings is 7. The molecular formula is C65H51N5. The predicted octanol–water partition coefficient (Wildman–Crippen LogP) is 15.8. The summed E-state index contributed by atoms with van der Waals surface area (Å²) in [4.78, 5) is 18.6. The van der Waals surface area contributed by atoms with Gasteiger partial charge in [-0.1, -0.05) is 158 Å². The highest BCUT2D eigenvalue weighted by molar-refractivity contribution is 6.17. The molecule has 0 spiro atoms. The lowest BCUT2D eigenvalue weighted by molar-refractivity contribution is 0.931. The second-order valence-corrected chi connectivity index (χ2v) is 17.0. The van der Waals surface area contributed by atoms with Gasteiger partial charge in [-0.2, -0.15) is 0 Å². The summed E-state index contributed by atoms with van der Waals surface area (Å²) in [5.41, 5.74) is 7.37. The smallest absolute Gasteiger partial charge is 0.148 e. The summed E-state index contributed by atoms with van der Waals surface area (Å²) in [7, 11) is 0. The number of nitrogens with zero attached hydrogens (tertiary/aromatic N) is 5. The van der Waals surface area contributed by atoms with Gasteiger partial charge in [-0.05, 0) is 149 Å². The molecule has 70 heavy (non-hydrogen) atoms. The van der Waals surface area contributed by atoms with E-state index in [1.165, 1.54) is 85.3 Å². The van der Waals surface area contributed by atoms with Gasteiger partial charge in [0.05, 0.1) is 38.8 Å². The van der Waals surface area contributed by atoms with Crippen LogP contribution in [0.1, 0.15) is 62.2 Å². The average molecular weight is 919 g/mol. The van der Waals surface area contributed by atoms with E-state index in [1.807, 2.05) is 89.3 Å². The van der Waals surface area contributed by atoms with Crippen molar-refractivity contribution in [1.29, 1.82) is 0 Å². The second kappa shape index (κ2) is 18.2. The standard InChI is InChI=1S/C65H51N5/c1-42-17-33-57(66-39-42)49-27-23-45(24-28-49)19-21-47-35-48(22-20-46-25-29-50(30-26-46)58-34-18-43(2)40-67-58)37-53(36-47)55-14-8-7-13-54(55)52-31-32-56-61(38-52)70-60-16-10-9-15-59(60)69-65(70)63-62(44(3)41-68-64(56)63)51-11-5-4-6-12-51/h4-18,23-41H,19-22H2,1-3H3/i1D3,2D3,3D3,19D2,20D2,21D2,22D2. The first-order valence-electron chi connectivity index (χ1n) is 31.2. The number of fused-ring (bicyclic) bond motifs is 8. The average Bonchev–Trinajstić information content (AvgIpc) is 1.70. The van der Waals surface area contributed by atoms with Crippen molar-refractivity contribution in [1.82, 2.24) is 24.3 Å². The van der Waals surface area contributed by atoms with E-state index in [1.54, 1.807) is 36.4 Å². The van der Waals surface area contributed by atoms with Crippen LogP contribution >= 0.6 is 0 Å². The van der Waals surface area contributed by atoms with Gasteiger partial charge in [-0.3, -0.25) is 19.4 Å². The first-order valence-corrected chi connectivity index (χ1v) is 22.7. The predicted molar refractivity (Wildman–Crippen MR) is 290 cm³/mol. The molecule has 0 bridgehead atoms. The van der Waals surface area contributed by atoms with Gasteiger partial charge in [0.2, 0.25) is 0 Å². The third kappa shape index (κ3) is 8.20. The summed E-state index contributed by atoms with van der Waals surface area (Å²) in [5, 5.41) is 1.22. The monoisotopic (exact) mass is 919 g/mol. The van der Waals surface area contributed by atoms with E-state index in [2.05, 4.69) is 9.97 Å². The molecule has 0 amide bonds. The maximum Gasteiger partial charge on any atom is 0.148 e. The molecule has 5 heteroatoms. The molecule has 0 aliphatic heterocycles. The van der Waals surface area contributed by atoms with Crippen LogP contribution in [0.4, 0.5) is 0 Å². The van der Waals surface area contributed by atoms with E-state index in [4.69, 9.17) is 22.3 Å². The number of hydrogen-bond donors (Lipinski definition) is 0. The molecule has 0 saturated heterocycles. The van der Waals surface area contributed by atoms with Crippen molar-refractivity contribution in [2.75, 3.05) is 0 Å². The van der Waals surface area contributed by atoms with Crippen molar-refractivity contribution in [2.45, 2.75) is 46.0 Å². The maximum absolute atomic E-state index is 9.79. The Kier molecular flexibility index (Phi) is 7.29. The molecule has 0 aliphatic carbocycles. The van der Waals surface area contributed by atoms with Gasteiger partial charge in [-0.25, -0.2) is 4.98 Å². The number of pyridine rings is 4. The highest BCUT2D eigenvalue weighted by Crippen LogP contribution is 2.41. The van der Waals surface area contributed by atoms with Crippen LogP contribution in [0.15, 0.2) is 207 Å². The Morgan fingerprint density at radius 1 is 0.443 bits per heavy atom. The van der Waals surface area contributed by atoms with Gasteiger partial charge in [0, 0.05) is 58.4 Å². The third-order valence-corrected chi connectivity index (χ3v) is 12.5. The van der Waals surface area contributed by atoms with Crippen molar-refractivity contribution in [3.05, 3.63) is 246 Å². The first kappa shape index (κ1) is 28.1. The summed E-state index contributed by atoms with van der Waals surface area (Å²) in [6, 6.07) is 51.7. The van der Waals surface area contributed by atoms with Crippen LogP contribution in [-0.2, 0) is 25.5 Å². The minimum absolute atomic E-state index is 0.0435. The first-order chi connectivity index (χ1) is 41.1. The molecule has 5 heterocycles. The van der Waals surface area contributed by atoms with Crippen molar-refractivity contribution >= 4 is 38.5 Å². The van der Waals surface area contributed by atoms with Crippen molar-refractivity contribution in [3.8, 4) is 55.9 Å². The Labute approximate surface area is 432 Å². The molecule has 336 valence electrons. The fourth-order valence-corrected chi connectivity index (χ4v) is 9.14. The van der Waals surface area contributed by atoms with E-state index in [-0.39, 0.29) is 44.5 Å². The van der Waals surface area contributed by atoms with Crippen LogP contribution < -0.4 is 0 Å². The van der Waals surface area contributed by atoms with Gasteiger partial charge in [0.15, 0.2) is 0 Å². The zero-order valence-electron chi connectivity index (χ0n) is 54.4. The van der Waals surface area contributed by atoms with Crippen LogP contribution in [0.3, 0.4) is 0 Å². The summed E-state index contributed by atoms with van der Waals surface area (Å²) in [6.45, 7) is -7.28. The highest BCUT2D eigenvalue weighted by atomic mass is 15.0. The van der Waals surface area contributed by atoms with Gasteiger partial charge in [0.1, 0.15) is 5.65 Å². The molecule has 7 aromatic carbocycles. The molecule has 5 nitrogen and oxygen atoms in total. The van der Waals surface area contributed by atoms with Gasteiger partial charge >= 0.3 is 0 Å². The fraction of sp³-hybridized carbons (Fsp3) is 0.108. The molecule has 0 unspecified atom stereocenters. The third-order valence-electron chi connectivity index (χ3n) is 12.5. The van der Waals surface area contributed by atoms with E-state index in [0.29, 0.717) is 83.3 Å². The van der Waals surface area contributed by atoms with Crippen molar-refractivity contribution in [2.24, 2.45) is 0 Å². The topological polar surface area (TPSA) is 56.0 Å². The Morgan fingerprint density at radius 2 is 1.03 bits per heavy atom. The van der Waals surface area contributed by atoms with Crippen LogP contribution in [0, 0.1) is 20.6 Å². The Bertz CT molecular complexity index is 4470. The molecule has 0 radical (unpaired) electrons. The summed E-state index contributed by atoms with van der Waals surface area (Å²) in [6.07, 6.45) is -7.63. The SMILES string of the molecule is [2H]C([2H])([2H])c1ccc(-c2ccc(C([2H])([2H])C([2H])([2H])c3cc(-c4ccccc4-c4ccc5c6ncc(C([2H])([2H])[2H])c(-c7ccccc7)c6c6nc7ccccc7n6c5c4)cc(C([2H])([2H])C([2H])([2H])c4ccc(-c5ccc(C([2H])([2H])[2H])cn5)cc4)c3)cc2)nc1. The maximum atomic E-state index is 9.79. The summed E-state index contributed by atoms with van der Waals surface area (Å²) < 4.78 is 152. The summed E-state index contributed by atoms with van der Waals surface area (Å²) >= 11 is 0. The summed E-state index contributed by atoms with van der Waals surface area (Å²) in [5.74, 6) is 0. The van der Waals surface area contributed by atoms with Crippen LogP contribution in [0.25, 0.3) is 94.4 Å². The van der Waals surface area contributed by atoms with Crippen LogP contribution in [0.2, 0.25) is 0 Å². The Hall–Kier alpha value is -8.54. The molecular weight excluding hydrogens is 851 g/mol. The van der Waals surface area contributed by atoms with Crippen LogP contribution in [0.5, 0.6) is 0 Å². The molecule has 5 aromatic heterocycles. The molecule has 0 fully saturated rings. The zero-order chi connectivity index (χ0) is 61.8. The normalized spacial score (nSPS) is 16.5. The number of hydrogen-bond acceptors (Lipinski definition) is 4. The quantitative estimate of drug-likeness (QED) is 0.121. The van der Waals surface area contributed by atoms with E-state index in [0.717, 1.165) is 5.52 Å². The molecule has 0 saturated carbocycles.